The molecule has 0 atom stereocenters. The Morgan fingerprint density at radius 1 is 0.636 bits per heavy atom. The number of hydrogen-bond donors (Lipinski definition) is 0. The number of hydrogen-bond acceptors (Lipinski definition) is 1. The van der Waals surface area contributed by atoms with Gasteiger partial charge in [-0.05, 0) is 36.2 Å². The van der Waals surface area contributed by atoms with Crippen LogP contribution in [0.4, 0.5) is 0 Å². The Morgan fingerprint density at radius 2 is 1.00 bits per heavy atom. The van der Waals surface area contributed by atoms with E-state index in [1.165, 1.54) is 10.4 Å². The van der Waals surface area contributed by atoms with Crippen LogP contribution < -0.4 is 10.4 Å². The van der Waals surface area contributed by atoms with Crippen LogP contribution in [0.2, 0.25) is 5.04 Å². The first-order valence-corrected chi connectivity index (χ1v) is 9.89. The maximum atomic E-state index is 6.90. The number of benzene rings is 2. The Hall–Kier alpha value is -1.38. The van der Waals surface area contributed by atoms with Crippen molar-refractivity contribution in [3.8, 4) is 0 Å². The Bertz CT molecular complexity index is 552. The SMILES string of the molecule is CC(C)(C)O[Si](c1ccccc1)(c1ccccc1)C(C)(C)C. The predicted octanol–water partition coefficient (Wildman–Crippen LogP) is 4.36. The van der Waals surface area contributed by atoms with Gasteiger partial charge >= 0.3 is 0 Å². The zero-order valence-electron chi connectivity index (χ0n) is 14.7. The first kappa shape index (κ1) is 17.0. The zero-order valence-corrected chi connectivity index (χ0v) is 15.7. The molecule has 0 N–H and O–H groups in total. The lowest BCUT2D eigenvalue weighted by atomic mass is 10.2. The first-order chi connectivity index (χ1) is 10.2. The van der Waals surface area contributed by atoms with E-state index in [2.05, 4.69) is 102 Å². The third kappa shape index (κ3) is 3.34. The second-order valence-corrected chi connectivity index (χ2v) is 12.1. The van der Waals surface area contributed by atoms with Crippen LogP contribution >= 0.6 is 0 Å². The van der Waals surface area contributed by atoms with E-state index in [1.807, 2.05) is 0 Å². The molecule has 0 amide bonds. The Balaban J connectivity index is 2.76. The van der Waals surface area contributed by atoms with Crippen molar-refractivity contribution in [3.05, 3.63) is 60.7 Å². The van der Waals surface area contributed by atoms with Gasteiger partial charge in [0.15, 0.2) is 0 Å². The van der Waals surface area contributed by atoms with Gasteiger partial charge in [0.05, 0.1) is 0 Å². The van der Waals surface area contributed by atoms with Crippen LogP contribution in [0.25, 0.3) is 0 Å². The molecule has 22 heavy (non-hydrogen) atoms. The van der Waals surface area contributed by atoms with E-state index >= 15 is 0 Å². The molecule has 0 aromatic heterocycles. The monoisotopic (exact) mass is 312 g/mol. The van der Waals surface area contributed by atoms with Gasteiger partial charge in [-0.25, -0.2) is 0 Å². The molecule has 0 aliphatic rings. The van der Waals surface area contributed by atoms with E-state index in [-0.39, 0.29) is 10.6 Å². The molecule has 1 nitrogen and oxygen atoms in total. The highest BCUT2D eigenvalue weighted by Crippen LogP contribution is 2.38. The minimum Gasteiger partial charge on any atom is -0.403 e. The summed E-state index contributed by atoms with van der Waals surface area (Å²) in [5.74, 6) is 0. The van der Waals surface area contributed by atoms with Crippen molar-refractivity contribution in [1.29, 1.82) is 0 Å². The molecule has 0 aliphatic carbocycles. The van der Waals surface area contributed by atoms with Crippen LogP contribution in [-0.2, 0) is 4.43 Å². The van der Waals surface area contributed by atoms with Gasteiger partial charge in [0.2, 0.25) is 0 Å². The van der Waals surface area contributed by atoms with Crippen LogP contribution in [-0.4, -0.2) is 13.9 Å². The highest BCUT2D eigenvalue weighted by molar-refractivity contribution is 6.99. The zero-order chi connectivity index (χ0) is 16.4. The third-order valence-corrected chi connectivity index (χ3v) is 9.20. The van der Waals surface area contributed by atoms with Crippen molar-refractivity contribution < 1.29 is 4.43 Å². The lowest BCUT2D eigenvalue weighted by molar-refractivity contribution is 0.118. The van der Waals surface area contributed by atoms with Gasteiger partial charge in [0.1, 0.15) is 0 Å². The molecule has 0 radical (unpaired) electrons. The quantitative estimate of drug-likeness (QED) is 0.765. The molecular weight excluding hydrogens is 284 g/mol. The molecule has 0 bridgehead atoms. The van der Waals surface area contributed by atoms with Gasteiger partial charge in [0, 0.05) is 5.60 Å². The van der Waals surface area contributed by atoms with Gasteiger partial charge < -0.3 is 4.43 Å². The standard InChI is InChI=1S/C20H28OSi/c1-19(2,3)21-22(20(4,5)6,17-13-9-7-10-14-17)18-15-11-8-12-16-18/h7-16H,1-6H3. The fraction of sp³-hybridized carbons (Fsp3) is 0.400. The van der Waals surface area contributed by atoms with Crippen LogP contribution in [0.5, 0.6) is 0 Å². The van der Waals surface area contributed by atoms with E-state index in [9.17, 15) is 0 Å². The summed E-state index contributed by atoms with van der Waals surface area (Å²) < 4.78 is 6.90. The van der Waals surface area contributed by atoms with Crippen molar-refractivity contribution in [2.75, 3.05) is 0 Å². The molecule has 118 valence electrons. The summed E-state index contributed by atoms with van der Waals surface area (Å²) in [5.41, 5.74) is -0.189. The largest absolute Gasteiger partial charge is 0.403 e. The second-order valence-electron chi connectivity index (χ2n) is 7.88. The van der Waals surface area contributed by atoms with Crippen molar-refractivity contribution in [1.82, 2.24) is 0 Å². The Morgan fingerprint density at radius 3 is 1.27 bits per heavy atom. The fourth-order valence-electron chi connectivity index (χ4n) is 3.11. The van der Waals surface area contributed by atoms with Gasteiger partial charge in [-0.1, -0.05) is 81.4 Å². The van der Waals surface area contributed by atoms with Crippen molar-refractivity contribution >= 4 is 18.7 Å². The molecular formula is C20H28OSi. The number of rotatable bonds is 3. The van der Waals surface area contributed by atoms with E-state index in [0.717, 1.165) is 0 Å². The summed E-state index contributed by atoms with van der Waals surface area (Å²) in [5, 5.41) is 2.72. The summed E-state index contributed by atoms with van der Waals surface area (Å²) in [4.78, 5) is 0. The predicted molar refractivity (Wildman–Crippen MR) is 98.5 cm³/mol. The molecule has 2 aromatic rings. The summed E-state index contributed by atoms with van der Waals surface area (Å²) in [6.07, 6.45) is 0. The normalized spacial score (nSPS) is 13.2. The molecule has 2 aromatic carbocycles. The molecule has 0 saturated carbocycles. The van der Waals surface area contributed by atoms with E-state index < -0.39 is 8.32 Å². The lowest BCUT2D eigenvalue weighted by Gasteiger charge is -2.46. The maximum absolute atomic E-state index is 6.90. The molecule has 0 spiro atoms. The van der Waals surface area contributed by atoms with Crippen molar-refractivity contribution in [3.63, 3.8) is 0 Å². The molecule has 0 fully saturated rings. The molecule has 2 rings (SSSR count). The van der Waals surface area contributed by atoms with Crippen LogP contribution in [0.15, 0.2) is 60.7 Å². The van der Waals surface area contributed by atoms with E-state index in [1.54, 1.807) is 0 Å². The van der Waals surface area contributed by atoms with Crippen molar-refractivity contribution in [2.24, 2.45) is 0 Å². The fourth-order valence-corrected chi connectivity index (χ4v) is 7.96. The van der Waals surface area contributed by atoms with E-state index in [4.69, 9.17) is 4.43 Å². The minimum absolute atomic E-state index is 0.0446. The summed E-state index contributed by atoms with van der Waals surface area (Å²) >= 11 is 0. The Kier molecular flexibility index (Phi) is 4.64. The highest BCUT2D eigenvalue weighted by atomic mass is 28.4. The summed E-state index contributed by atoms with van der Waals surface area (Å²) in [7, 11) is -2.38. The van der Waals surface area contributed by atoms with Gasteiger partial charge in [0.25, 0.3) is 8.32 Å². The van der Waals surface area contributed by atoms with E-state index in [0.29, 0.717) is 0 Å². The smallest absolute Gasteiger partial charge is 0.261 e. The maximum Gasteiger partial charge on any atom is 0.261 e. The average Bonchev–Trinajstić information content (AvgIpc) is 2.44. The van der Waals surface area contributed by atoms with Gasteiger partial charge in [-0.15, -0.1) is 0 Å². The molecule has 0 heterocycles. The minimum atomic E-state index is -2.38. The van der Waals surface area contributed by atoms with Crippen LogP contribution in [0.3, 0.4) is 0 Å². The average molecular weight is 313 g/mol. The summed E-state index contributed by atoms with van der Waals surface area (Å²) in [6, 6.07) is 21.6. The van der Waals surface area contributed by atoms with Crippen LogP contribution in [0.1, 0.15) is 41.5 Å². The molecule has 0 saturated heterocycles. The first-order valence-electron chi connectivity index (χ1n) is 7.98. The van der Waals surface area contributed by atoms with Gasteiger partial charge in [-0.2, -0.15) is 0 Å². The lowest BCUT2D eigenvalue weighted by Crippen LogP contribution is -2.68. The summed E-state index contributed by atoms with van der Waals surface area (Å²) in [6.45, 7) is 13.4. The topological polar surface area (TPSA) is 9.23 Å². The molecule has 0 unspecified atom stereocenters. The third-order valence-electron chi connectivity index (χ3n) is 3.88. The second kappa shape index (κ2) is 6.02. The van der Waals surface area contributed by atoms with Crippen LogP contribution in [0, 0.1) is 0 Å². The van der Waals surface area contributed by atoms with Crippen molar-refractivity contribution in [2.45, 2.75) is 52.2 Å². The van der Waals surface area contributed by atoms with Gasteiger partial charge in [-0.3, -0.25) is 0 Å². The molecule has 2 heteroatoms. The Labute approximate surface area is 136 Å². The molecule has 0 aliphatic heterocycles. The highest BCUT2D eigenvalue weighted by Gasteiger charge is 2.51.